The summed E-state index contributed by atoms with van der Waals surface area (Å²) in [5, 5.41) is 15.7. The predicted octanol–water partition coefficient (Wildman–Crippen LogP) is 4.09. The van der Waals surface area contributed by atoms with E-state index in [2.05, 4.69) is 10.5 Å². The molecule has 4 aromatic carbocycles. The number of carbonyl (C=O) groups excluding carboxylic acids is 1. The van der Waals surface area contributed by atoms with Gasteiger partial charge in [0, 0.05) is 0 Å². The molecular formula is C25H20N2O6S. The fraction of sp³-hybridized carbons (Fsp3) is 0.0400. The van der Waals surface area contributed by atoms with Gasteiger partial charge in [0.05, 0.1) is 18.9 Å². The van der Waals surface area contributed by atoms with Crippen LogP contribution in [-0.4, -0.2) is 32.8 Å². The fourth-order valence-electron chi connectivity index (χ4n) is 3.16. The first kappa shape index (κ1) is 22.8. The van der Waals surface area contributed by atoms with Gasteiger partial charge in [0.15, 0.2) is 0 Å². The molecular weight excluding hydrogens is 456 g/mol. The predicted molar refractivity (Wildman–Crippen MR) is 128 cm³/mol. The van der Waals surface area contributed by atoms with E-state index in [1.165, 1.54) is 55.8 Å². The van der Waals surface area contributed by atoms with Gasteiger partial charge in [0.2, 0.25) is 0 Å². The minimum atomic E-state index is -4.00. The van der Waals surface area contributed by atoms with Gasteiger partial charge in [-0.2, -0.15) is 13.5 Å². The van der Waals surface area contributed by atoms with Crippen molar-refractivity contribution >= 4 is 33.0 Å². The first-order chi connectivity index (χ1) is 16.4. The van der Waals surface area contributed by atoms with Gasteiger partial charge in [0.1, 0.15) is 22.1 Å². The maximum Gasteiger partial charge on any atom is 0.339 e. The number of carbonyl (C=O) groups is 1. The average molecular weight is 477 g/mol. The van der Waals surface area contributed by atoms with Crippen molar-refractivity contribution in [3.05, 3.63) is 96.1 Å². The first-order valence-corrected chi connectivity index (χ1v) is 11.5. The molecule has 1 amide bonds. The highest BCUT2D eigenvalue weighted by Crippen LogP contribution is 2.25. The van der Waals surface area contributed by atoms with Crippen LogP contribution in [0.1, 0.15) is 15.9 Å². The number of methoxy groups -OCH3 is 1. The number of rotatable bonds is 7. The van der Waals surface area contributed by atoms with Crippen molar-refractivity contribution in [2.45, 2.75) is 4.90 Å². The van der Waals surface area contributed by atoms with Crippen molar-refractivity contribution in [1.82, 2.24) is 5.43 Å². The Kier molecular flexibility index (Phi) is 6.46. The smallest absolute Gasteiger partial charge is 0.339 e. The van der Waals surface area contributed by atoms with Crippen LogP contribution in [0.2, 0.25) is 0 Å². The Balaban J connectivity index is 1.40. The van der Waals surface area contributed by atoms with E-state index < -0.39 is 16.0 Å². The third-order valence-electron chi connectivity index (χ3n) is 4.92. The molecule has 172 valence electrons. The Morgan fingerprint density at radius 1 is 0.912 bits per heavy atom. The highest BCUT2D eigenvalue weighted by Gasteiger charge is 2.16. The zero-order valence-electron chi connectivity index (χ0n) is 18.0. The molecule has 4 rings (SSSR count). The third kappa shape index (κ3) is 5.16. The monoisotopic (exact) mass is 476 g/mol. The number of fused-ring (bicyclic) bond motifs is 1. The Hall–Kier alpha value is -4.37. The van der Waals surface area contributed by atoms with E-state index in [9.17, 15) is 18.3 Å². The molecule has 0 unspecified atom stereocenters. The maximum atomic E-state index is 12.4. The van der Waals surface area contributed by atoms with E-state index in [-0.39, 0.29) is 22.0 Å². The number of benzene rings is 4. The summed E-state index contributed by atoms with van der Waals surface area (Å²) >= 11 is 0. The molecule has 0 radical (unpaired) electrons. The van der Waals surface area contributed by atoms with Crippen molar-refractivity contribution < 1.29 is 27.2 Å². The Bertz CT molecular complexity index is 1460. The topological polar surface area (TPSA) is 114 Å². The van der Waals surface area contributed by atoms with Crippen LogP contribution in [0.3, 0.4) is 0 Å². The number of hydrazone groups is 1. The minimum absolute atomic E-state index is 0.00130. The molecule has 0 heterocycles. The fourth-order valence-corrected chi connectivity index (χ4v) is 4.09. The number of phenolic OH excluding ortho intramolecular Hbond substituents is 1. The summed E-state index contributed by atoms with van der Waals surface area (Å²) in [7, 11) is -2.51. The van der Waals surface area contributed by atoms with Crippen LogP contribution in [0.5, 0.6) is 17.2 Å². The van der Waals surface area contributed by atoms with E-state index in [0.29, 0.717) is 11.3 Å². The molecule has 0 atom stereocenters. The zero-order chi connectivity index (χ0) is 24.1. The average Bonchev–Trinajstić information content (AvgIpc) is 2.84. The van der Waals surface area contributed by atoms with Crippen molar-refractivity contribution in [3.8, 4) is 17.2 Å². The van der Waals surface area contributed by atoms with Gasteiger partial charge in [-0.3, -0.25) is 4.79 Å². The van der Waals surface area contributed by atoms with Crippen LogP contribution in [-0.2, 0) is 10.1 Å². The molecule has 0 saturated heterocycles. The minimum Gasteiger partial charge on any atom is -0.507 e. The summed E-state index contributed by atoms with van der Waals surface area (Å²) in [6.45, 7) is 0. The van der Waals surface area contributed by atoms with Crippen molar-refractivity contribution in [2.75, 3.05) is 7.11 Å². The van der Waals surface area contributed by atoms with Crippen LogP contribution < -0.4 is 14.3 Å². The molecule has 0 aliphatic heterocycles. The lowest BCUT2D eigenvalue weighted by atomic mass is 10.1. The molecule has 0 bridgehead atoms. The first-order valence-electron chi connectivity index (χ1n) is 10.1. The molecule has 0 aliphatic carbocycles. The van der Waals surface area contributed by atoms with Gasteiger partial charge in [0.25, 0.3) is 5.91 Å². The lowest BCUT2D eigenvalue weighted by Gasteiger charge is -2.08. The molecule has 2 N–H and O–H groups in total. The van der Waals surface area contributed by atoms with E-state index in [4.69, 9.17) is 8.92 Å². The summed E-state index contributed by atoms with van der Waals surface area (Å²) in [6, 6.07) is 22.4. The number of nitrogens with one attached hydrogen (secondary N) is 1. The molecule has 0 saturated carbocycles. The molecule has 34 heavy (non-hydrogen) atoms. The van der Waals surface area contributed by atoms with Crippen molar-refractivity contribution in [1.29, 1.82) is 0 Å². The van der Waals surface area contributed by atoms with E-state index >= 15 is 0 Å². The molecule has 0 spiro atoms. The zero-order valence-corrected chi connectivity index (χ0v) is 18.8. The molecule has 0 aliphatic rings. The van der Waals surface area contributed by atoms with Crippen molar-refractivity contribution in [3.63, 3.8) is 0 Å². The second-order valence-corrected chi connectivity index (χ2v) is 8.74. The number of amides is 1. The van der Waals surface area contributed by atoms with Gasteiger partial charge >= 0.3 is 10.1 Å². The summed E-state index contributed by atoms with van der Waals surface area (Å²) in [6.07, 6.45) is 1.39. The number of hydrogen-bond donors (Lipinski definition) is 2. The van der Waals surface area contributed by atoms with E-state index in [1.54, 1.807) is 18.2 Å². The molecule has 0 aromatic heterocycles. The summed E-state index contributed by atoms with van der Waals surface area (Å²) in [5.74, 6) is -0.0559. The van der Waals surface area contributed by atoms with Crippen LogP contribution >= 0.6 is 0 Å². The Morgan fingerprint density at radius 3 is 2.18 bits per heavy atom. The quantitative estimate of drug-likeness (QED) is 0.236. The van der Waals surface area contributed by atoms with E-state index in [0.717, 1.165) is 10.8 Å². The second-order valence-electron chi connectivity index (χ2n) is 7.20. The van der Waals surface area contributed by atoms with Crippen LogP contribution in [0.15, 0.2) is 94.9 Å². The van der Waals surface area contributed by atoms with Crippen LogP contribution in [0.25, 0.3) is 10.8 Å². The standard InChI is InChI=1S/C25H20N2O6S/c1-32-20-10-12-22(13-11-20)34(30,31)33-21-8-6-17(7-9-21)16-26-27-25(29)23-14-18-4-2-3-5-19(18)15-24(23)28/h2-16,28H,1H3,(H,27,29)/b26-16-. The molecule has 9 heteroatoms. The second kappa shape index (κ2) is 9.63. The van der Waals surface area contributed by atoms with Gasteiger partial charge in [-0.25, -0.2) is 5.43 Å². The molecule has 0 fully saturated rings. The molecule has 4 aromatic rings. The SMILES string of the molecule is COc1ccc(S(=O)(=O)Oc2ccc(/C=N\NC(=O)c3cc4ccccc4cc3O)cc2)cc1. The van der Waals surface area contributed by atoms with Gasteiger partial charge in [-0.15, -0.1) is 0 Å². The van der Waals surface area contributed by atoms with Crippen LogP contribution in [0, 0.1) is 0 Å². The van der Waals surface area contributed by atoms with Gasteiger partial charge < -0.3 is 14.0 Å². The van der Waals surface area contributed by atoms with Crippen molar-refractivity contribution in [2.24, 2.45) is 5.10 Å². The lowest BCUT2D eigenvalue weighted by molar-refractivity contribution is 0.0952. The summed E-state index contributed by atoms with van der Waals surface area (Å²) in [4.78, 5) is 12.4. The largest absolute Gasteiger partial charge is 0.507 e. The Labute approximate surface area is 196 Å². The van der Waals surface area contributed by atoms with Gasteiger partial charge in [-0.05, 0) is 77.0 Å². The third-order valence-corrected chi connectivity index (χ3v) is 6.18. The number of ether oxygens (including phenoxy) is 1. The highest BCUT2D eigenvalue weighted by molar-refractivity contribution is 7.87. The number of hydrogen-bond acceptors (Lipinski definition) is 7. The maximum absolute atomic E-state index is 12.4. The summed E-state index contributed by atoms with van der Waals surface area (Å²) < 4.78 is 35.0. The highest BCUT2D eigenvalue weighted by atomic mass is 32.2. The summed E-state index contributed by atoms with van der Waals surface area (Å²) in [5.41, 5.74) is 3.06. The Morgan fingerprint density at radius 2 is 1.53 bits per heavy atom. The van der Waals surface area contributed by atoms with E-state index in [1.807, 2.05) is 24.3 Å². The molecule has 8 nitrogen and oxygen atoms in total. The van der Waals surface area contributed by atoms with Crippen LogP contribution in [0.4, 0.5) is 0 Å². The number of phenols is 1. The number of nitrogens with zero attached hydrogens (tertiary/aromatic N) is 1. The normalized spacial score (nSPS) is 11.4. The van der Waals surface area contributed by atoms with Gasteiger partial charge in [-0.1, -0.05) is 24.3 Å². The lowest BCUT2D eigenvalue weighted by Crippen LogP contribution is -2.17. The number of aromatic hydroxyl groups is 1.